The van der Waals surface area contributed by atoms with Gasteiger partial charge in [0.2, 0.25) is 0 Å². The van der Waals surface area contributed by atoms with Crippen LogP contribution in [0.5, 0.6) is 0 Å². The van der Waals surface area contributed by atoms with E-state index in [0.29, 0.717) is 12.1 Å². The minimum absolute atomic E-state index is 0.0252. The molecule has 4 heteroatoms. The van der Waals surface area contributed by atoms with Crippen LogP contribution in [0.25, 0.3) is 0 Å². The summed E-state index contributed by atoms with van der Waals surface area (Å²) in [6.45, 7) is 3.87. The largest absolute Gasteiger partial charge is 0.274 e. The number of nitrogens with zero attached hydrogens (tertiary/aromatic N) is 1. The normalized spacial score (nSPS) is 19.9. The van der Waals surface area contributed by atoms with Crippen LogP contribution in [-0.4, -0.2) is 28.5 Å². The molecule has 1 unspecified atom stereocenters. The molecule has 0 saturated heterocycles. The van der Waals surface area contributed by atoms with E-state index in [4.69, 9.17) is 0 Å². The maximum absolute atomic E-state index is 11.3. The van der Waals surface area contributed by atoms with Gasteiger partial charge in [-0.2, -0.15) is 12.6 Å². The molecule has 0 fully saturated rings. The van der Waals surface area contributed by atoms with Crippen molar-refractivity contribution in [2.75, 3.05) is 6.54 Å². The molecule has 0 aromatic rings. The zero-order valence-electron chi connectivity index (χ0n) is 7.07. The van der Waals surface area contributed by atoms with Gasteiger partial charge in [-0.05, 0) is 6.92 Å². The van der Waals surface area contributed by atoms with Gasteiger partial charge in [-0.25, -0.2) is 0 Å². The molecule has 1 heterocycles. The minimum Gasteiger partial charge on any atom is -0.274 e. The molecular weight excluding hydrogens is 174 g/mol. The molecule has 0 N–H and O–H groups in total. The first-order valence-electron chi connectivity index (χ1n) is 3.74. The topological polar surface area (TPSA) is 37.4 Å². The highest BCUT2D eigenvalue weighted by Gasteiger charge is 2.28. The maximum Gasteiger partial charge on any atom is 0.256 e. The lowest BCUT2D eigenvalue weighted by atomic mass is 10.3. The average Bonchev–Trinajstić information content (AvgIpc) is 2.16. The SMILES string of the molecule is CC1=CC(=O)N(CC(C)S)C1=O. The van der Waals surface area contributed by atoms with Gasteiger partial charge in [0, 0.05) is 23.4 Å². The predicted molar refractivity (Wildman–Crippen MR) is 48.9 cm³/mol. The summed E-state index contributed by atoms with van der Waals surface area (Å²) in [4.78, 5) is 23.6. The van der Waals surface area contributed by atoms with Gasteiger partial charge in [-0.3, -0.25) is 14.5 Å². The van der Waals surface area contributed by atoms with E-state index < -0.39 is 0 Å². The number of thiol groups is 1. The van der Waals surface area contributed by atoms with E-state index in [0.717, 1.165) is 0 Å². The number of amides is 2. The Morgan fingerprint density at radius 1 is 1.58 bits per heavy atom. The lowest BCUT2D eigenvalue weighted by Crippen LogP contribution is -2.35. The second kappa shape index (κ2) is 3.31. The van der Waals surface area contributed by atoms with Gasteiger partial charge in [-0.15, -0.1) is 0 Å². The Morgan fingerprint density at radius 3 is 2.50 bits per heavy atom. The van der Waals surface area contributed by atoms with Gasteiger partial charge in [0.15, 0.2) is 0 Å². The standard InChI is InChI=1S/C8H11NO2S/c1-5-3-7(10)9(8(5)11)4-6(2)12/h3,6,12H,4H2,1-2H3. The Balaban J connectivity index is 2.70. The van der Waals surface area contributed by atoms with Crippen molar-refractivity contribution in [3.8, 4) is 0 Å². The summed E-state index contributed by atoms with van der Waals surface area (Å²) in [5.74, 6) is -0.417. The first-order valence-corrected chi connectivity index (χ1v) is 4.26. The molecule has 0 radical (unpaired) electrons. The van der Waals surface area contributed by atoms with E-state index in [-0.39, 0.29) is 17.1 Å². The van der Waals surface area contributed by atoms with Crippen molar-refractivity contribution in [2.24, 2.45) is 0 Å². The summed E-state index contributed by atoms with van der Waals surface area (Å²) >= 11 is 4.11. The zero-order valence-corrected chi connectivity index (χ0v) is 7.97. The van der Waals surface area contributed by atoms with E-state index in [2.05, 4.69) is 12.6 Å². The van der Waals surface area contributed by atoms with Gasteiger partial charge in [-0.1, -0.05) is 6.92 Å². The number of hydrogen-bond donors (Lipinski definition) is 1. The minimum atomic E-state index is -0.224. The fourth-order valence-electron chi connectivity index (χ4n) is 1.07. The van der Waals surface area contributed by atoms with Crippen molar-refractivity contribution in [2.45, 2.75) is 19.1 Å². The van der Waals surface area contributed by atoms with E-state index in [1.165, 1.54) is 11.0 Å². The summed E-state index contributed by atoms with van der Waals surface area (Å²) in [7, 11) is 0. The van der Waals surface area contributed by atoms with Crippen molar-refractivity contribution in [3.05, 3.63) is 11.6 Å². The number of carbonyl (C=O) groups is 2. The van der Waals surface area contributed by atoms with Crippen LogP contribution >= 0.6 is 12.6 Å². The zero-order chi connectivity index (χ0) is 9.30. The number of rotatable bonds is 2. The van der Waals surface area contributed by atoms with Gasteiger partial charge in [0.05, 0.1) is 0 Å². The van der Waals surface area contributed by atoms with Crippen molar-refractivity contribution in [1.29, 1.82) is 0 Å². The molecule has 1 aliphatic rings. The molecule has 0 aliphatic carbocycles. The van der Waals surface area contributed by atoms with Gasteiger partial charge in [0.1, 0.15) is 0 Å². The molecule has 1 rings (SSSR count). The lowest BCUT2D eigenvalue weighted by molar-refractivity contribution is -0.137. The quantitative estimate of drug-likeness (QED) is 0.506. The Hall–Kier alpha value is -0.770. The Bertz CT molecular complexity index is 258. The molecule has 3 nitrogen and oxygen atoms in total. The van der Waals surface area contributed by atoms with Crippen LogP contribution in [0, 0.1) is 0 Å². The highest BCUT2D eigenvalue weighted by molar-refractivity contribution is 7.80. The molecule has 66 valence electrons. The van der Waals surface area contributed by atoms with Crippen molar-refractivity contribution >= 4 is 24.4 Å². The van der Waals surface area contributed by atoms with Crippen molar-refractivity contribution < 1.29 is 9.59 Å². The molecule has 0 aromatic carbocycles. The molecule has 0 saturated carbocycles. The molecule has 0 spiro atoms. The summed E-state index contributed by atoms with van der Waals surface area (Å²) in [5.41, 5.74) is 0.508. The molecule has 2 amide bonds. The molecule has 1 aliphatic heterocycles. The van der Waals surface area contributed by atoms with Crippen LogP contribution in [0.15, 0.2) is 11.6 Å². The van der Waals surface area contributed by atoms with Gasteiger partial charge < -0.3 is 0 Å². The van der Waals surface area contributed by atoms with Crippen molar-refractivity contribution in [3.63, 3.8) is 0 Å². The third-order valence-electron chi connectivity index (χ3n) is 1.64. The monoisotopic (exact) mass is 185 g/mol. The number of imide groups is 1. The molecule has 0 bridgehead atoms. The number of carbonyl (C=O) groups excluding carboxylic acids is 2. The van der Waals surface area contributed by atoms with Crippen LogP contribution in [0.3, 0.4) is 0 Å². The molecule has 1 atom stereocenters. The third kappa shape index (κ3) is 1.69. The van der Waals surface area contributed by atoms with Crippen LogP contribution in [0.1, 0.15) is 13.8 Å². The van der Waals surface area contributed by atoms with E-state index >= 15 is 0 Å². The Labute approximate surface area is 76.8 Å². The third-order valence-corrected chi connectivity index (χ3v) is 1.80. The summed E-state index contributed by atoms with van der Waals surface area (Å²) < 4.78 is 0. The van der Waals surface area contributed by atoms with Crippen LogP contribution < -0.4 is 0 Å². The Kier molecular flexibility index (Phi) is 2.57. The smallest absolute Gasteiger partial charge is 0.256 e. The maximum atomic E-state index is 11.3. The first kappa shape index (κ1) is 9.32. The van der Waals surface area contributed by atoms with Crippen LogP contribution in [0.4, 0.5) is 0 Å². The fourth-order valence-corrected chi connectivity index (χ4v) is 1.24. The average molecular weight is 185 g/mol. The molecular formula is C8H11NO2S. The van der Waals surface area contributed by atoms with E-state index in [1.54, 1.807) is 6.92 Å². The van der Waals surface area contributed by atoms with Crippen LogP contribution in [-0.2, 0) is 9.59 Å². The fraction of sp³-hybridized carbons (Fsp3) is 0.500. The summed E-state index contributed by atoms with van der Waals surface area (Å²) in [5, 5.41) is 0.0252. The summed E-state index contributed by atoms with van der Waals surface area (Å²) in [6.07, 6.45) is 1.36. The van der Waals surface area contributed by atoms with E-state index in [1.807, 2.05) is 6.92 Å². The van der Waals surface area contributed by atoms with Gasteiger partial charge in [0.25, 0.3) is 11.8 Å². The highest BCUT2D eigenvalue weighted by atomic mass is 32.1. The highest BCUT2D eigenvalue weighted by Crippen LogP contribution is 2.13. The second-order valence-electron chi connectivity index (χ2n) is 2.93. The first-order chi connectivity index (χ1) is 5.52. The molecule has 12 heavy (non-hydrogen) atoms. The predicted octanol–water partition coefficient (Wildman–Crippen LogP) is 0.620. The molecule has 0 aromatic heterocycles. The number of hydrogen-bond acceptors (Lipinski definition) is 3. The Morgan fingerprint density at radius 2 is 2.17 bits per heavy atom. The van der Waals surface area contributed by atoms with Crippen molar-refractivity contribution in [1.82, 2.24) is 4.90 Å². The van der Waals surface area contributed by atoms with Crippen LogP contribution in [0.2, 0.25) is 0 Å². The second-order valence-corrected chi connectivity index (χ2v) is 3.81. The lowest BCUT2D eigenvalue weighted by Gasteiger charge is -2.15. The van der Waals surface area contributed by atoms with Gasteiger partial charge >= 0.3 is 0 Å². The summed E-state index contributed by atoms with van der Waals surface area (Å²) in [6, 6.07) is 0. The van der Waals surface area contributed by atoms with E-state index in [9.17, 15) is 9.59 Å².